The number of rotatable bonds is 5. The Morgan fingerprint density at radius 1 is 1.28 bits per heavy atom. The summed E-state index contributed by atoms with van der Waals surface area (Å²) in [6.07, 6.45) is 2.92. The summed E-state index contributed by atoms with van der Waals surface area (Å²) in [7, 11) is 1.20. The summed E-state index contributed by atoms with van der Waals surface area (Å²) < 4.78 is 4.56. The second-order valence-electron chi connectivity index (χ2n) is 5.17. The molecule has 126 valence electrons. The molecule has 2 aromatic heterocycles. The number of nitrogens with zero attached hydrogens (tertiary/aromatic N) is 3. The van der Waals surface area contributed by atoms with E-state index in [1.165, 1.54) is 13.3 Å². The number of hydrogen-bond acceptors (Lipinski definition) is 7. The molecule has 8 nitrogen and oxygen atoms in total. The van der Waals surface area contributed by atoms with Gasteiger partial charge in [-0.1, -0.05) is 24.3 Å². The van der Waals surface area contributed by atoms with E-state index in [2.05, 4.69) is 20.0 Å². The molecule has 0 aliphatic rings. The van der Waals surface area contributed by atoms with Crippen molar-refractivity contribution in [2.24, 2.45) is 0 Å². The maximum Gasteiger partial charge on any atom is 0.339 e. The highest BCUT2D eigenvalue weighted by atomic mass is 16.6. The van der Waals surface area contributed by atoms with E-state index in [0.29, 0.717) is 0 Å². The largest absolute Gasteiger partial charge is 0.465 e. The lowest BCUT2D eigenvalue weighted by Gasteiger charge is -2.09. The standard InChI is InChI=1S/C17H14N4O4/c1-25-17(22)12-8-15(21(23)24)16(19-9-12)20-10-14-13-5-3-2-4-11(13)6-7-18-14/h2-9H,10H2,1H3,(H,19,20). The molecule has 25 heavy (non-hydrogen) atoms. The molecule has 0 atom stereocenters. The third kappa shape index (κ3) is 3.37. The fourth-order valence-electron chi connectivity index (χ4n) is 2.45. The highest BCUT2D eigenvalue weighted by molar-refractivity contribution is 5.90. The molecule has 0 saturated carbocycles. The number of pyridine rings is 2. The van der Waals surface area contributed by atoms with Crippen LogP contribution in [0, 0.1) is 10.1 Å². The Balaban J connectivity index is 1.90. The number of carbonyl (C=O) groups excluding carboxylic acids is 1. The van der Waals surface area contributed by atoms with Crippen molar-refractivity contribution < 1.29 is 14.5 Å². The lowest BCUT2D eigenvalue weighted by molar-refractivity contribution is -0.384. The number of fused-ring (bicyclic) bond motifs is 1. The molecule has 2 heterocycles. The van der Waals surface area contributed by atoms with E-state index in [9.17, 15) is 14.9 Å². The van der Waals surface area contributed by atoms with Crippen LogP contribution >= 0.6 is 0 Å². The highest BCUT2D eigenvalue weighted by Crippen LogP contribution is 2.24. The van der Waals surface area contributed by atoms with E-state index in [1.807, 2.05) is 30.3 Å². The molecule has 3 rings (SSSR count). The van der Waals surface area contributed by atoms with Gasteiger partial charge in [-0.2, -0.15) is 0 Å². The molecule has 0 spiro atoms. The molecular weight excluding hydrogens is 324 g/mol. The fraction of sp³-hybridized carbons (Fsp3) is 0.118. The molecule has 3 aromatic rings. The number of carbonyl (C=O) groups is 1. The molecule has 0 saturated heterocycles. The quantitative estimate of drug-likeness (QED) is 0.433. The Hall–Kier alpha value is -3.55. The minimum absolute atomic E-state index is 0.0167. The first-order valence-corrected chi connectivity index (χ1v) is 7.39. The number of esters is 1. The van der Waals surface area contributed by atoms with Crippen LogP contribution in [0.4, 0.5) is 11.5 Å². The molecule has 0 bridgehead atoms. The zero-order valence-corrected chi connectivity index (χ0v) is 13.3. The second-order valence-corrected chi connectivity index (χ2v) is 5.17. The molecule has 1 N–H and O–H groups in total. The molecule has 0 amide bonds. The highest BCUT2D eigenvalue weighted by Gasteiger charge is 2.19. The fourth-order valence-corrected chi connectivity index (χ4v) is 2.45. The Labute approximate surface area is 142 Å². The summed E-state index contributed by atoms with van der Waals surface area (Å²) in [5.74, 6) is -0.620. The van der Waals surface area contributed by atoms with Gasteiger partial charge in [0.15, 0.2) is 0 Å². The first-order valence-electron chi connectivity index (χ1n) is 7.39. The summed E-state index contributed by atoms with van der Waals surface area (Å²) in [6.45, 7) is 0.257. The van der Waals surface area contributed by atoms with Crippen LogP contribution in [0.5, 0.6) is 0 Å². The van der Waals surface area contributed by atoms with E-state index in [-0.39, 0.29) is 23.6 Å². The number of aromatic nitrogens is 2. The third-order valence-electron chi connectivity index (χ3n) is 3.66. The van der Waals surface area contributed by atoms with Gasteiger partial charge in [0.1, 0.15) is 0 Å². The normalized spacial score (nSPS) is 10.4. The zero-order valence-electron chi connectivity index (χ0n) is 13.3. The van der Waals surface area contributed by atoms with Gasteiger partial charge in [0.05, 0.1) is 29.8 Å². The summed E-state index contributed by atoms with van der Waals surface area (Å²) >= 11 is 0. The molecule has 0 aliphatic carbocycles. The summed E-state index contributed by atoms with van der Waals surface area (Å²) in [5.41, 5.74) is 0.456. The van der Waals surface area contributed by atoms with Gasteiger partial charge < -0.3 is 10.1 Å². The van der Waals surface area contributed by atoms with E-state index >= 15 is 0 Å². The Morgan fingerprint density at radius 3 is 2.84 bits per heavy atom. The molecule has 1 aromatic carbocycles. The van der Waals surface area contributed by atoms with Crippen LogP contribution in [0.1, 0.15) is 16.1 Å². The van der Waals surface area contributed by atoms with Crippen LogP contribution in [-0.2, 0) is 11.3 Å². The van der Waals surface area contributed by atoms with Crippen LogP contribution in [0.2, 0.25) is 0 Å². The second kappa shape index (κ2) is 6.91. The molecule has 0 fully saturated rings. The van der Waals surface area contributed by atoms with Gasteiger partial charge in [-0.3, -0.25) is 15.1 Å². The van der Waals surface area contributed by atoms with Crippen molar-refractivity contribution in [1.29, 1.82) is 0 Å². The summed E-state index contributed by atoms with van der Waals surface area (Å²) in [5, 5.41) is 16.2. The zero-order chi connectivity index (χ0) is 17.8. The van der Waals surface area contributed by atoms with Gasteiger partial charge in [0.25, 0.3) is 0 Å². The average Bonchev–Trinajstić information content (AvgIpc) is 2.65. The van der Waals surface area contributed by atoms with E-state index < -0.39 is 10.9 Å². The van der Waals surface area contributed by atoms with Gasteiger partial charge in [-0.25, -0.2) is 9.78 Å². The van der Waals surface area contributed by atoms with Gasteiger partial charge in [0, 0.05) is 23.8 Å². The maximum atomic E-state index is 11.5. The lowest BCUT2D eigenvalue weighted by atomic mass is 10.1. The van der Waals surface area contributed by atoms with Gasteiger partial charge in [-0.05, 0) is 11.5 Å². The smallest absolute Gasteiger partial charge is 0.339 e. The number of benzene rings is 1. The van der Waals surface area contributed by atoms with Crippen LogP contribution in [0.15, 0.2) is 48.8 Å². The molecule has 0 radical (unpaired) electrons. The van der Waals surface area contributed by atoms with Crippen molar-refractivity contribution in [1.82, 2.24) is 9.97 Å². The Bertz CT molecular complexity index is 953. The van der Waals surface area contributed by atoms with Crippen molar-refractivity contribution in [2.75, 3.05) is 12.4 Å². The molecular formula is C17H14N4O4. The number of hydrogen-bond donors (Lipinski definition) is 1. The average molecular weight is 338 g/mol. The van der Waals surface area contributed by atoms with Gasteiger partial charge in [-0.15, -0.1) is 0 Å². The number of nitro groups is 1. The van der Waals surface area contributed by atoms with Crippen LogP contribution in [0.25, 0.3) is 10.8 Å². The Morgan fingerprint density at radius 2 is 2.08 bits per heavy atom. The van der Waals surface area contributed by atoms with Gasteiger partial charge >= 0.3 is 11.7 Å². The number of methoxy groups -OCH3 is 1. The first-order chi connectivity index (χ1) is 12.1. The van der Waals surface area contributed by atoms with Crippen molar-refractivity contribution in [2.45, 2.75) is 6.54 Å². The number of nitrogens with one attached hydrogen (secondary N) is 1. The van der Waals surface area contributed by atoms with E-state index in [0.717, 1.165) is 22.5 Å². The monoisotopic (exact) mass is 338 g/mol. The summed E-state index contributed by atoms with van der Waals surface area (Å²) in [4.78, 5) is 30.5. The van der Waals surface area contributed by atoms with Crippen molar-refractivity contribution in [3.8, 4) is 0 Å². The molecule has 0 aliphatic heterocycles. The topological polar surface area (TPSA) is 107 Å². The minimum atomic E-state index is -0.683. The first kappa shape index (κ1) is 16.3. The number of anilines is 1. The van der Waals surface area contributed by atoms with E-state index in [4.69, 9.17) is 0 Å². The maximum absolute atomic E-state index is 11.5. The van der Waals surface area contributed by atoms with Crippen LogP contribution in [0.3, 0.4) is 0 Å². The summed E-state index contributed by atoms with van der Waals surface area (Å²) in [6, 6.07) is 10.8. The third-order valence-corrected chi connectivity index (χ3v) is 3.66. The Kier molecular flexibility index (Phi) is 4.51. The predicted molar refractivity (Wildman–Crippen MR) is 91.3 cm³/mol. The van der Waals surface area contributed by atoms with E-state index in [1.54, 1.807) is 6.20 Å². The van der Waals surface area contributed by atoms with Crippen molar-refractivity contribution in [3.63, 3.8) is 0 Å². The molecule has 0 unspecified atom stereocenters. The SMILES string of the molecule is COC(=O)c1cnc(NCc2nccc3ccccc23)c([N+](=O)[O-])c1. The lowest BCUT2D eigenvalue weighted by Crippen LogP contribution is -2.09. The van der Waals surface area contributed by atoms with Crippen LogP contribution < -0.4 is 5.32 Å². The van der Waals surface area contributed by atoms with Crippen molar-refractivity contribution in [3.05, 3.63) is 70.2 Å². The molecule has 8 heteroatoms. The van der Waals surface area contributed by atoms with Crippen molar-refractivity contribution >= 4 is 28.2 Å². The van der Waals surface area contributed by atoms with Gasteiger partial charge in [0.2, 0.25) is 5.82 Å². The predicted octanol–water partition coefficient (Wildman–Crippen LogP) is 2.94. The van der Waals surface area contributed by atoms with Crippen LogP contribution in [-0.4, -0.2) is 28.0 Å². The minimum Gasteiger partial charge on any atom is -0.465 e. The number of ether oxygens (including phenoxy) is 1.